The Labute approximate surface area is 159 Å². The monoisotopic (exact) mass is 385 g/mol. The first-order valence-corrected chi connectivity index (χ1v) is 9.20. The molecule has 27 heavy (non-hydrogen) atoms. The molecule has 2 aromatic heterocycles. The molecule has 1 atom stereocenters. The van der Waals surface area contributed by atoms with Crippen molar-refractivity contribution in [2.45, 2.75) is 12.5 Å². The number of aromatic nitrogens is 1. The van der Waals surface area contributed by atoms with E-state index >= 15 is 0 Å². The number of aromatic amines is 1. The molecule has 140 valence electrons. The summed E-state index contributed by atoms with van der Waals surface area (Å²) in [6, 6.07) is 10.4. The van der Waals surface area contributed by atoms with Gasteiger partial charge in [0.2, 0.25) is 5.91 Å². The first-order valence-electron chi connectivity index (χ1n) is 8.32. The molecular formula is C19H19N3O4S. The fraction of sp³-hybridized carbons (Fsp3) is 0.211. The van der Waals surface area contributed by atoms with E-state index in [2.05, 4.69) is 20.4 Å². The van der Waals surface area contributed by atoms with Crippen LogP contribution in [0.15, 0.2) is 48.0 Å². The molecule has 2 heterocycles. The minimum absolute atomic E-state index is 0.255. The lowest BCUT2D eigenvalue weighted by Gasteiger charge is -2.17. The summed E-state index contributed by atoms with van der Waals surface area (Å²) in [6.07, 6.45) is 2.11. The number of ether oxygens (including phenoxy) is 1. The Kier molecular flexibility index (Phi) is 5.87. The molecule has 1 aromatic carbocycles. The Hall–Kier alpha value is -3.13. The highest BCUT2D eigenvalue weighted by atomic mass is 32.1. The summed E-state index contributed by atoms with van der Waals surface area (Å²) in [5.41, 5.74) is 1.85. The molecule has 7 nitrogen and oxygen atoms in total. The van der Waals surface area contributed by atoms with E-state index in [0.29, 0.717) is 4.88 Å². The molecule has 0 saturated heterocycles. The van der Waals surface area contributed by atoms with Crippen molar-refractivity contribution in [3.05, 3.63) is 58.4 Å². The lowest BCUT2D eigenvalue weighted by Crippen LogP contribution is -2.49. The highest BCUT2D eigenvalue weighted by Gasteiger charge is 2.24. The summed E-state index contributed by atoms with van der Waals surface area (Å²) in [7, 11) is 1.25. The van der Waals surface area contributed by atoms with Crippen molar-refractivity contribution in [3.8, 4) is 0 Å². The van der Waals surface area contributed by atoms with Gasteiger partial charge in [-0.3, -0.25) is 14.4 Å². The fourth-order valence-electron chi connectivity index (χ4n) is 2.72. The zero-order chi connectivity index (χ0) is 19.2. The SMILES string of the molecule is COC(=O)CNC(=O)C(Cc1c[nH]c2ccccc12)NC(=O)c1cccs1. The van der Waals surface area contributed by atoms with Gasteiger partial charge in [-0.25, -0.2) is 0 Å². The van der Waals surface area contributed by atoms with Gasteiger partial charge < -0.3 is 20.4 Å². The van der Waals surface area contributed by atoms with Crippen LogP contribution in [0.4, 0.5) is 0 Å². The van der Waals surface area contributed by atoms with Crippen molar-refractivity contribution in [3.63, 3.8) is 0 Å². The molecule has 2 amide bonds. The third-order valence-corrected chi connectivity index (χ3v) is 4.97. The summed E-state index contributed by atoms with van der Waals surface area (Å²) in [5.74, 6) is -1.34. The molecule has 0 bridgehead atoms. The van der Waals surface area contributed by atoms with Gasteiger partial charge >= 0.3 is 5.97 Å². The van der Waals surface area contributed by atoms with E-state index in [1.54, 1.807) is 17.5 Å². The second-order valence-corrected chi connectivity index (χ2v) is 6.81. The molecule has 3 N–H and O–H groups in total. The second kappa shape index (κ2) is 8.50. The maximum absolute atomic E-state index is 12.6. The molecule has 3 rings (SSSR count). The molecular weight excluding hydrogens is 366 g/mol. The van der Waals surface area contributed by atoms with Crippen molar-refractivity contribution >= 4 is 40.0 Å². The molecule has 0 aliphatic carbocycles. The number of hydrogen-bond acceptors (Lipinski definition) is 5. The van der Waals surface area contributed by atoms with Crippen LogP contribution in [0.2, 0.25) is 0 Å². The van der Waals surface area contributed by atoms with Crippen LogP contribution in [-0.4, -0.2) is 42.5 Å². The summed E-state index contributed by atoms with van der Waals surface area (Å²) in [6.45, 7) is -0.255. The molecule has 0 fully saturated rings. The molecule has 0 spiro atoms. The van der Waals surface area contributed by atoms with E-state index < -0.39 is 17.9 Å². The van der Waals surface area contributed by atoms with Crippen LogP contribution in [0.5, 0.6) is 0 Å². The maximum Gasteiger partial charge on any atom is 0.325 e. The molecule has 0 radical (unpaired) electrons. The molecule has 0 saturated carbocycles. The largest absolute Gasteiger partial charge is 0.468 e. The fourth-order valence-corrected chi connectivity index (χ4v) is 3.35. The van der Waals surface area contributed by atoms with Crippen LogP contribution < -0.4 is 10.6 Å². The first-order chi connectivity index (χ1) is 13.1. The van der Waals surface area contributed by atoms with Gasteiger partial charge in [-0.2, -0.15) is 0 Å². The number of H-pyrrole nitrogens is 1. The number of amides is 2. The van der Waals surface area contributed by atoms with E-state index in [4.69, 9.17) is 0 Å². The molecule has 1 unspecified atom stereocenters. The minimum atomic E-state index is -0.830. The molecule has 8 heteroatoms. The molecule has 3 aromatic rings. The zero-order valence-electron chi connectivity index (χ0n) is 14.7. The van der Waals surface area contributed by atoms with Gasteiger partial charge in [0.15, 0.2) is 0 Å². The summed E-state index contributed by atoms with van der Waals surface area (Å²) >= 11 is 1.29. The Morgan fingerprint density at radius 1 is 1.19 bits per heavy atom. The lowest BCUT2D eigenvalue weighted by molar-refractivity contribution is -0.141. The van der Waals surface area contributed by atoms with E-state index in [0.717, 1.165) is 16.5 Å². The second-order valence-electron chi connectivity index (χ2n) is 5.86. The maximum atomic E-state index is 12.6. The van der Waals surface area contributed by atoms with Gasteiger partial charge in [0.25, 0.3) is 5.91 Å². The predicted octanol–water partition coefficient (Wildman–Crippen LogP) is 1.86. The van der Waals surface area contributed by atoms with Crippen LogP contribution in [0.25, 0.3) is 10.9 Å². The number of nitrogens with one attached hydrogen (secondary N) is 3. The van der Waals surface area contributed by atoms with Gasteiger partial charge in [-0.1, -0.05) is 24.3 Å². The Balaban J connectivity index is 1.79. The van der Waals surface area contributed by atoms with E-state index in [1.807, 2.05) is 30.5 Å². The summed E-state index contributed by atoms with van der Waals surface area (Å²) < 4.78 is 4.54. The number of esters is 1. The van der Waals surface area contributed by atoms with Crippen molar-refractivity contribution in [1.82, 2.24) is 15.6 Å². The normalized spacial score (nSPS) is 11.7. The van der Waals surface area contributed by atoms with Crippen molar-refractivity contribution in [1.29, 1.82) is 0 Å². The van der Waals surface area contributed by atoms with Crippen LogP contribution in [0.1, 0.15) is 15.2 Å². The van der Waals surface area contributed by atoms with E-state index in [9.17, 15) is 14.4 Å². The van der Waals surface area contributed by atoms with Crippen LogP contribution in [0.3, 0.4) is 0 Å². The van der Waals surface area contributed by atoms with Gasteiger partial charge in [0, 0.05) is 23.5 Å². The molecule has 0 aliphatic heterocycles. The van der Waals surface area contributed by atoms with Gasteiger partial charge in [-0.05, 0) is 23.1 Å². The third kappa shape index (κ3) is 4.53. The van der Waals surface area contributed by atoms with E-state index in [-0.39, 0.29) is 18.9 Å². The number of benzene rings is 1. The number of rotatable bonds is 7. The van der Waals surface area contributed by atoms with Gasteiger partial charge in [0.05, 0.1) is 12.0 Å². The first kappa shape index (κ1) is 18.7. The van der Waals surface area contributed by atoms with Gasteiger partial charge in [-0.15, -0.1) is 11.3 Å². The van der Waals surface area contributed by atoms with Gasteiger partial charge in [0.1, 0.15) is 12.6 Å². The number of thiophene rings is 1. The third-order valence-electron chi connectivity index (χ3n) is 4.10. The van der Waals surface area contributed by atoms with Crippen molar-refractivity contribution in [2.75, 3.05) is 13.7 Å². The number of para-hydroxylation sites is 1. The average molecular weight is 385 g/mol. The highest BCUT2D eigenvalue weighted by molar-refractivity contribution is 7.12. The summed E-state index contributed by atoms with van der Waals surface area (Å²) in [5, 5.41) is 8.04. The van der Waals surface area contributed by atoms with Crippen molar-refractivity contribution < 1.29 is 19.1 Å². The molecule has 0 aliphatic rings. The van der Waals surface area contributed by atoms with Crippen LogP contribution in [-0.2, 0) is 20.7 Å². The lowest BCUT2D eigenvalue weighted by atomic mass is 10.0. The highest BCUT2D eigenvalue weighted by Crippen LogP contribution is 2.19. The zero-order valence-corrected chi connectivity index (χ0v) is 15.5. The number of carbonyl (C=O) groups excluding carboxylic acids is 3. The minimum Gasteiger partial charge on any atom is -0.468 e. The number of carbonyl (C=O) groups is 3. The Bertz CT molecular complexity index is 949. The average Bonchev–Trinajstić information content (AvgIpc) is 3.35. The Morgan fingerprint density at radius 2 is 2.00 bits per heavy atom. The topological polar surface area (TPSA) is 100 Å². The smallest absolute Gasteiger partial charge is 0.325 e. The van der Waals surface area contributed by atoms with Crippen LogP contribution in [0, 0.1) is 0 Å². The van der Waals surface area contributed by atoms with E-state index in [1.165, 1.54) is 18.4 Å². The predicted molar refractivity (Wildman–Crippen MR) is 103 cm³/mol. The standard InChI is InChI=1S/C19H19N3O4S/c1-26-17(23)11-21-18(24)15(22-19(25)16-7-4-8-27-16)9-12-10-20-14-6-3-2-5-13(12)14/h2-8,10,15,20H,9,11H2,1H3,(H,21,24)(H,22,25). The number of methoxy groups -OCH3 is 1. The quantitative estimate of drug-likeness (QED) is 0.541. The number of fused-ring (bicyclic) bond motifs is 1. The summed E-state index contributed by atoms with van der Waals surface area (Å²) in [4.78, 5) is 40.0. The number of hydrogen-bond donors (Lipinski definition) is 3. The van der Waals surface area contributed by atoms with Crippen LogP contribution >= 0.6 is 11.3 Å². The van der Waals surface area contributed by atoms with Crippen molar-refractivity contribution in [2.24, 2.45) is 0 Å². The Morgan fingerprint density at radius 3 is 2.74 bits per heavy atom.